The van der Waals surface area contributed by atoms with E-state index in [1.807, 2.05) is 0 Å². The number of aromatic nitrogens is 4. The Hall–Kier alpha value is -3.30. The third kappa shape index (κ3) is 3.79. The van der Waals surface area contributed by atoms with Gasteiger partial charge in [0.2, 0.25) is 5.95 Å². The van der Waals surface area contributed by atoms with Gasteiger partial charge in [-0.15, -0.1) is 0 Å². The molecule has 0 unspecified atom stereocenters. The van der Waals surface area contributed by atoms with Gasteiger partial charge in [0.1, 0.15) is 11.6 Å². The minimum Gasteiger partial charge on any atom is -0.469 e. The summed E-state index contributed by atoms with van der Waals surface area (Å²) in [4.78, 5) is 31.5. The highest BCUT2D eigenvalue weighted by molar-refractivity contribution is 5.71. The summed E-state index contributed by atoms with van der Waals surface area (Å²) in [6.07, 6.45) is -0.152. The molecule has 2 N–H and O–H groups in total. The molecule has 0 spiro atoms. The molecule has 0 atom stereocenters. The molecule has 0 fully saturated rings. The van der Waals surface area contributed by atoms with Gasteiger partial charge in [0.05, 0.1) is 19.2 Å². The topological polar surface area (TPSA) is 101 Å². The highest BCUT2D eigenvalue weighted by Gasteiger charge is 2.11. The predicted octanol–water partition coefficient (Wildman–Crippen LogP) is 1.02. The molecule has 0 saturated heterocycles. The smallest absolute Gasteiger partial charge is 0.311 e. The van der Waals surface area contributed by atoms with Gasteiger partial charge in [0.25, 0.3) is 11.3 Å². The zero-order valence-corrected chi connectivity index (χ0v) is 13.0. The Bertz CT molecular complexity index is 978. The minimum atomic E-state index is -0.688. The van der Waals surface area contributed by atoms with Gasteiger partial charge in [-0.05, 0) is 17.7 Å². The fourth-order valence-electron chi connectivity index (χ4n) is 2.22. The van der Waals surface area contributed by atoms with Gasteiger partial charge in [-0.25, -0.2) is 13.8 Å². The van der Waals surface area contributed by atoms with E-state index >= 15 is 0 Å². The van der Waals surface area contributed by atoms with E-state index in [1.54, 1.807) is 0 Å². The number of anilines is 1. The molecule has 0 aliphatic heterocycles. The van der Waals surface area contributed by atoms with Gasteiger partial charge >= 0.3 is 5.97 Å². The highest BCUT2D eigenvalue weighted by atomic mass is 19.1. The summed E-state index contributed by atoms with van der Waals surface area (Å²) in [7, 11) is 1.24. The number of esters is 1. The maximum Gasteiger partial charge on any atom is 0.311 e. The lowest BCUT2D eigenvalue weighted by molar-refractivity contribution is -0.139. The molecule has 0 aliphatic rings. The standard InChI is InChI=1S/C15H13F2N5O3/c1-25-13(24)6-11-5-12(23)22-15(19-11)20-14(21-22)18-7-8-2-9(16)4-10(17)3-8/h2-5H,6-7H2,1H3,(H2,18,19,20,21). The van der Waals surface area contributed by atoms with Crippen LogP contribution < -0.4 is 10.9 Å². The van der Waals surface area contributed by atoms with Crippen molar-refractivity contribution in [3.8, 4) is 0 Å². The van der Waals surface area contributed by atoms with Crippen LogP contribution in [0.2, 0.25) is 0 Å². The Labute approximate surface area is 139 Å². The molecular weight excluding hydrogens is 336 g/mol. The van der Waals surface area contributed by atoms with Crippen LogP contribution in [0.1, 0.15) is 11.3 Å². The number of H-pyrrole nitrogens is 1. The lowest BCUT2D eigenvalue weighted by Gasteiger charge is -2.03. The number of hydrogen-bond acceptors (Lipinski definition) is 6. The molecule has 0 bridgehead atoms. The SMILES string of the molecule is COC(=O)Cc1cc(=O)n2[nH]c(NCc3cc(F)cc(F)c3)nc2n1. The van der Waals surface area contributed by atoms with E-state index in [4.69, 9.17) is 0 Å². The van der Waals surface area contributed by atoms with Gasteiger partial charge in [0.15, 0.2) is 0 Å². The van der Waals surface area contributed by atoms with E-state index in [1.165, 1.54) is 25.3 Å². The zero-order chi connectivity index (χ0) is 18.0. The number of carbonyl (C=O) groups excluding carboxylic acids is 1. The molecule has 0 aliphatic carbocycles. The number of hydrogen-bond donors (Lipinski definition) is 2. The van der Waals surface area contributed by atoms with Crippen molar-refractivity contribution >= 4 is 17.7 Å². The number of rotatable bonds is 5. The second kappa shape index (κ2) is 6.67. The number of nitrogens with zero attached hydrogens (tertiary/aromatic N) is 3. The third-order valence-electron chi connectivity index (χ3n) is 3.32. The van der Waals surface area contributed by atoms with Gasteiger partial charge in [-0.2, -0.15) is 9.50 Å². The predicted molar refractivity (Wildman–Crippen MR) is 83.0 cm³/mol. The molecule has 0 saturated carbocycles. The fourth-order valence-corrected chi connectivity index (χ4v) is 2.22. The van der Waals surface area contributed by atoms with Crippen molar-refractivity contribution in [1.82, 2.24) is 19.6 Å². The van der Waals surface area contributed by atoms with Crippen LogP contribution in [0, 0.1) is 11.6 Å². The van der Waals surface area contributed by atoms with Crippen molar-refractivity contribution in [1.29, 1.82) is 0 Å². The van der Waals surface area contributed by atoms with Crippen molar-refractivity contribution in [3.05, 3.63) is 57.5 Å². The first-order chi connectivity index (χ1) is 11.9. The van der Waals surface area contributed by atoms with Crippen LogP contribution in [-0.2, 0) is 22.5 Å². The number of fused-ring (bicyclic) bond motifs is 1. The first-order valence-corrected chi connectivity index (χ1v) is 7.19. The summed E-state index contributed by atoms with van der Waals surface area (Å²) in [5.74, 6) is -1.67. The Morgan fingerprint density at radius 1 is 1.24 bits per heavy atom. The van der Waals surface area contributed by atoms with Crippen LogP contribution >= 0.6 is 0 Å². The summed E-state index contributed by atoms with van der Waals surface area (Å²) in [6, 6.07) is 4.32. The van der Waals surface area contributed by atoms with Crippen LogP contribution in [0.15, 0.2) is 29.1 Å². The van der Waals surface area contributed by atoms with Crippen LogP contribution in [0.25, 0.3) is 5.78 Å². The van der Waals surface area contributed by atoms with E-state index in [-0.39, 0.29) is 30.4 Å². The number of nitrogens with one attached hydrogen (secondary N) is 2. The van der Waals surface area contributed by atoms with E-state index in [2.05, 4.69) is 25.1 Å². The number of halogens is 2. The molecule has 3 rings (SSSR count). The van der Waals surface area contributed by atoms with Crippen molar-refractivity contribution in [2.75, 3.05) is 12.4 Å². The van der Waals surface area contributed by atoms with Crippen molar-refractivity contribution in [3.63, 3.8) is 0 Å². The van der Waals surface area contributed by atoms with Gasteiger partial charge in [-0.1, -0.05) is 0 Å². The van der Waals surface area contributed by atoms with Crippen LogP contribution in [-0.4, -0.2) is 32.7 Å². The lowest BCUT2D eigenvalue weighted by Crippen LogP contribution is -2.17. The largest absolute Gasteiger partial charge is 0.469 e. The average Bonchev–Trinajstić information content (AvgIpc) is 2.95. The monoisotopic (exact) mass is 349 g/mol. The second-order valence-corrected chi connectivity index (χ2v) is 5.18. The minimum absolute atomic E-state index is 0.0549. The quantitative estimate of drug-likeness (QED) is 0.667. The summed E-state index contributed by atoms with van der Waals surface area (Å²) in [5.41, 5.74) is 0.132. The Morgan fingerprint density at radius 3 is 2.64 bits per heavy atom. The molecule has 130 valence electrons. The van der Waals surface area contributed by atoms with Gasteiger partial charge in [0, 0.05) is 18.7 Å². The van der Waals surface area contributed by atoms with Crippen LogP contribution in [0.5, 0.6) is 0 Å². The Kier molecular flexibility index (Phi) is 4.42. The normalized spacial score (nSPS) is 10.8. The van der Waals surface area contributed by atoms with Crippen molar-refractivity contribution in [2.45, 2.75) is 13.0 Å². The highest BCUT2D eigenvalue weighted by Crippen LogP contribution is 2.10. The number of carbonyl (C=O) groups is 1. The molecule has 8 nitrogen and oxygen atoms in total. The van der Waals surface area contributed by atoms with Gasteiger partial charge < -0.3 is 10.1 Å². The number of methoxy groups -OCH3 is 1. The molecule has 2 aromatic heterocycles. The summed E-state index contributed by atoms with van der Waals surface area (Å²) >= 11 is 0. The molecule has 0 radical (unpaired) electrons. The van der Waals surface area contributed by atoms with Gasteiger partial charge in [-0.3, -0.25) is 14.7 Å². The van der Waals surface area contributed by atoms with E-state index in [9.17, 15) is 18.4 Å². The first kappa shape index (κ1) is 16.6. The molecule has 25 heavy (non-hydrogen) atoms. The average molecular weight is 349 g/mol. The van der Waals surface area contributed by atoms with E-state index in [0.29, 0.717) is 5.56 Å². The third-order valence-corrected chi connectivity index (χ3v) is 3.32. The van der Waals surface area contributed by atoms with Crippen molar-refractivity contribution < 1.29 is 18.3 Å². The second-order valence-electron chi connectivity index (χ2n) is 5.18. The summed E-state index contributed by atoms with van der Waals surface area (Å²) in [5, 5.41) is 5.49. The van der Waals surface area contributed by atoms with Crippen LogP contribution in [0.3, 0.4) is 0 Å². The lowest BCUT2D eigenvalue weighted by atomic mass is 10.2. The number of benzene rings is 1. The summed E-state index contributed by atoms with van der Waals surface area (Å²) < 4.78 is 31.9. The van der Waals surface area contributed by atoms with E-state index in [0.717, 1.165) is 10.6 Å². The van der Waals surface area contributed by atoms with E-state index < -0.39 is 23.2 Å². The number of aromatic amines is 1. The molecule has 1 aromatic carbocycles. The molecular formula is C15H13F2N5O3. The maximum absolute atomic E-state index is 13.2. The number of ether oxygens (including phenoxy) is 1. The molecule has 10 heteroatoms. The maximum atomic E-state index is 13.2. The fraction of sp³-hybridized carbons (Fsp3) is 0.200. The Balaban J connectivity index is 1.82. The molecule has 2 heterocycles. The van der Waals surface area contributed by atoms with Crippen LogP contribution in [0.4, 0.5) is 14.7 Å². The molecule has 0 amide bonds. The molecule has 3 aromatic rings. The zero-order valence-electron chi connectivity index (χ0n) is 13.0. The first-order valence-electron chi connectivity index (χ1n) is 7.19. The van der Waals surface area contributed by atoms with Crippen molar-refractivity contribution in [2.24, 2.45) is 0 Å². The Morgan fingerprint density at radius 2 is 1.96 bits per heavy atom. The summed E-state index contributed by atoms with van der Waals surface area (Å²) in [6.45, 7) is 0.0816.